The van der Waals surface area contributed by atoms with Gasteiger partial charge >= 0.3 is 5.63 Å². The first-order chi connectivity index (χ1) is 11.2. The third-order valence-electron chi connectivity index (χ3n) is 4.27. The molecule has 1 aliphatic carbocycles. The van der Waals surface area contributed by atoms with E-state index < -0.39 is 5.63 Å². The van der Waals surface area contributed by atoms with Crippen molar-refractivity contribution in [3.8, 4) is 5.75 Å². The number of carbonyl (C=O) groups is 1. The maximum absolute atomic E-state index is 12.0. The first-order valence-corrected chi connectivity index (χ1v) is 7.82. The second-order valence-electron chi connectivity index (χ2n) is 5.84. The molecule has 2 unspecified atom stereocenters. The first kappa shape index (κ1) is 15.6. The Hall–Kier alpha value is -2.34. The third-order valence-corrected chi connectivity index (χ3v) is 4.27. The molecule has 1 aromatic heterocycles. The van der Waals surface area contributed by atoms with Crippen molar-refractivity contribution in [3.63, 3.8) is 0 Å². The molecule has 6 heteroatoms. The minimum atomic E-state index is -0.415. The van der Waals surface area contributed by atoms with Crippen LogP contribution >= 0.6 is 0 Å². The SMILES string of the molecule is NCC1CCCC1NC(=O)COc1ccc2ccc(=O)oc2c1. The van der Waals surface area contributed by atoms with E-state index in [-0.39, 0.29) is 18.6 Å². The van der Waals surface area contributed by atoms with Crippen LogP contribution in [-0.4, -0.2) is 25.1 Å². The van der Waals surface area contributed by atoms with E-state index >= 15 is 0 Å². The molecule has 1 fully saturated rings. The summed E-state index contributed by atoms with van der Waals surface area (Å²) in [5.41, 5.74) is 5.74. The lowest BCUT2D eigenvalue weighted by atomic mass is 10.0. The average Bonchev–Trinajstić information content (AvgIpc) is 2.99. The Balaban J connectivity index is 1.59. The van der Waals surface area contributed by atoms with E-state index in [0.29, 0.717) is 23.8 Å². The Morgan fingerprint density at radius 2 is 2.13 bits per heavy atom. The second kappa shape index (κ2) is 6.83. The van der Waals surface area contributed by atoms with Gasteiger partial charge in [-0.3, -0.25) is 4.79 Å². The third kappa shape index (κ3) is 3.71. The van der Waals surface area contributed by atoms with Crippen LogP contribution in [0, 0.1) is 5.92 Å². The molecule has 0 bridgehead atoms. The zero-order valence-corrected chi connectivity index (χ0v) is 12.8. The van der Waals surface area contributed by atoms with Crippen LogP contribution in [0.4, 0.5) is 0 Å². The van der Waals surface area contributed by atoms with Gasteiger partial charge in [0.1, 0.15) is 11.3 Å². The van der Waals surface area contributed by atoms with Gasteiger partial charge in [-0.2, -0.15) is 0 Å². The van der Waals surface area contributed by atoms with Gasteiger partial charge in [-0.25, -0.2) is 4.79 Å². The highest BCUT2D eigenvalue weighted by Crippen LogP contribution is 2.24. The molecule has 23 heavy (non-hydrogen) atoms. The number of nitrogens with two attached hydrogens (primary N) is 1. The maximum Gasteiger partial charge on any atom is 0.336 e. The zero-order chi connectivity index (χ0) is 16.2. The van der Waals surface area contributed by atoms with Gasteiger partial charge < -0.3 is 20.2 Å². The number of ether oxygens (including phenoxy) is 1. The summed E-state index contributed by atoms with van der Waals surface area (Å²) in [6.07, 6.45) is 3.12. The molecule has 1 aromatic carbocycles. The van der Waals surface area contributed by atoms with Crippen molar-refractivity contribution < 1.29 is 13.9 Å². The number of hydrogen-bond donors (Lipinski definition) is 2. The highest BCUT2D eigenvalue weighted by Gasteiger charge is 2.27. The Kier molecular flexibility index (Phi) is 4.62. The quantitative estimate of drug-likeness (QED) is 0.813. The molecule has 122 valence electrons. The van der Waals surface area contributed by atoms with Crippen LogP contribution in [-0.2, 0) is 4.79 Å². The van der Waals surface area contributed by atoms with Crippen molar-refractivity contribution in [3.05, 3.63) is 40.8 Å². The van der Waals surface area contributed by atoms with Gasteiger partial charge in [0.2, 0.25) is 0 Å². The van der Waals surface area contributed by atoms with E-state index in [2.05, 4.69) is 5.32 Å². The minimum Gasteiger partial charge on any atom is -0.484 e. The predicted molar refractivity (Wildman–Crippen MR) is 86.3 cm³/mol. The van der Waals surface area contributed by atoms with Gasteiger partial charge in [0, 0.05) is 23.6 Å². The van der Waals surface area contributed by atoms with E-state index in [1.807, 2.05) is 0 Å². The monoisotopic (exact) mass is 316 g/mol. The van der Waals surface area contributed by atoms with Crippen LogP contribution in [0.5, 0.6) is 5.75 Å². The van der Waals surface area contributed by atoms with Crippen molar-refractivity contribution in [1.29, 1.82) is 0 Å². The molecule has 0 saturated heterocycles. The number of fused-ring (bicyclic) bond motifs is 1. The highest BCUT2D eigenvalue weighted by atomic mass is 16.5. The lowest BCUT2D eigenvalue weighted by Crippen LogP contribution is -2.42. The Morgan fingerprint density at radius 1 is 1.30 bits per heavy atom. The number of nitrogens with one attached hydrogen (secondary N) is 1. The molecule has 0 radical (unpaired) electrons. The zero-order valence-electron chi connectivity index (χ0n) is 12.8. The van der Waals surface area contributed by atoms with Crippen molar-refractivity contribution in [1.82, 2.24) is 5.32 Å². The molecule has 2 aromatic rings. The predicted octanol–water partition coefficient (Wildman–Crippen LogP) is 1.42. The van der Waals surface area contributed by atoms with E-state index in [9.17, 15) is 9.59 Å². The fraction of sp³-hybridized carbons (Fsp3) is 0.412. The van der Waals surface area contributed by atoms with Crippen LogP contribution in [0.1, 0.15) is 19.3 Å². The lowest BCUT2D eigenvalue weighted by molar-refractivity contribution is -0.124. The van der Waals surface area contributed by atoms with Crippen LogP contribution < -0.4 is 21.4 Å². The molecule has 0 aliphatic heterocycles. The number of benzene rings is 1. The van der Waals surface area contributed by atoms with Gasteiger partial charge in [-0.1, -0.05) is 6.42 Å². The topological polar surface area (TPSA) is 94.6 Å². The summed E-state index contributed by atoms with van der Waals surface area (Å²) in [5, 5.41) is 3.78. The normalized spacial score (nSPS) is 20.6. The van der Waals surface area contributed by atoms with E-state index in [4.69, 9.17) is 14.9 Å². The molecule has 3 N–H and O–H groups in total. The summed E-state index contributed by atoms with van der Waals surface area (Å²) < 4.78 is 10.6. The number of amides is 1. The van der Waals surface area contributed by atoms with Crippen LogP contribution in [0.25, 0.3) is 11.0 Å². The Bertz CT molecular complexity index is 756. The number of hydrogen-bond acceptors (Lipinski definition) is 5. The van der Waals surface area contributed by atoms with E-state index in [1.165, 1.54) is 6.07 Å². The lowest BCUT2D eigenvalue weighted by Gasteiger charge is -2.19. The van der Waals surface area contributed by atoms with Gasteiger partial charge in [0.15, 0.2) is 6.61 Å². The molecule has 2 atom stereocenters. The molecule has 0 spiro atoms. The standard InChI is InChI=1S/C17H20N2O4/c18-9-12-2-1-3-14(12)19-16(20)10-22-13-6-4-11-5-7-17(21)23-15(11)8-13/h4-8,12,14H,1-3,9-10,18H2,(H,19,20). The Morgan fingerprint density at radius 3 is 2.96 bits per heavy atom. The van der Waals surface area contributed by atoms with E-state index in [0.717, 1.165) is 24.6 Å². The molecule has 1 amide bonds. The molecule has 6 nitrogen and oxygen atoms in total. The summed E-state index contributed by atoms with van der Waals surface area (Å²) in [6, 6.07) is 8.34. The number of rotatable bonds is 5. The molecular weight excluding hydrogens is 296 g/mol. The van der Waals surface area contributed by atoms with Crippen LogP contribution in [0.2, 0.25) is 0 Å². The van der Waals surface area contributed by atoms with Gasteiger partial charge in [0.25, 0.3) is 5.91 Å². The summed E-state index contributed by atoms with van der Waals surface area (Å²) in [6.45, 7) is 0.520. The fourth-order valence-corrected chi connectivity index (χ4v) is 3.04. The smallest absolute Gasteiger partial charge is 0.336 e. The molecule has 3 rings (SSSR count). The van der Waals surface area contributed by atoms with Crippen LogP contribution in [0.15, 0.2) is 39.5 Å². The fourth-order valence-electron chi connectivity index (χ4n) is 3.04. The molecular formula is C17H20N2O4. The van der Waals surface area contributed by atoms with Crippen molar-refractivity contribution in [2.45, 2.75) is 25.3 Å². The first-order valence-electron chi connectivity index (χ1n) is 7.82. The van der Waals surface area contributed by atoms with Gasteiger partial charge in [-0.15, -0.1) is 0 Å². The molecule has 1 saturated carbocycles. The minimum absolute atomic E-state index is 0.0731. The van der Waals surface area contributed by atoms with Crippen molar-refractivity contribution >= 4 is 16.9 Å². The van der Waals surface area contributed by atoms with Crippen molar-refractivity contribution in [2.75, 3.05) is 13.2 Å². The van der Waals surface area contributed by atoms with Gasteiger partial charge in [0.05, 0.1) is 0 Å². The van der Waals surface area contributed by atoms with Gasteiger partial charge in [-0.05, 0) is 43.5 Å². The second-order valence-corrected chi connectivity index (χ2v) is 5.84. The average molecular weight is 316 g/mol. The Labute approximate surface area is 133 Å². The maximum atomic E-state index is 12.0. The summed E-state index contributed by atoms with van der Waals surface area (Å²) in [4.78, 5) is 23.2. The summed E-state index contributed by atoms with van der Waals surface area (Å²) in [5.74, 6) is 0.683. The highest BCUT2D eigenvalue weighted by molar-refractivity contribution is 5.79. The molecule has 1 heterocycles. The van der Waals surface area contributed by atoms with Crippen LogP contribution in [0.3, 0.4) is 0 Å². The summed E-state index contributed by atoms with van der Waals surface area (Å²) >= 11 is 0. The number of carbonyl (C=O) groups excluding carboxylic acids is 1. The largest absolute Gasteiger partial charge is 0.484 e. The summed E-state index contributed by atoms with van der Waals surface area (Å²) in [7, 11) is 0. The van der Waals surface area contributed by atoms with Crippen molar-refractivity contribution in [2.24, 2.45) is 11.7 Å². The van der Waals surface area contributed by atoms with E-state index in [1.54, 1.807) is 24.3 Å². The molecule has 1 aliphatic rings.